The summed E-state index contributed by atoms with van der Waals surface area (Å²) >= 11 is 0. The molecule has 0 saturated heterocycles. The fraction of sp³-hybridized carbons (Fsp3) is 0.636. The molecule has 4 nitrogen and oxygen atoms in total. The van der Waals surface area contributed by atoms with E-state index in [1.165, 1.54) is 62.2 Å². The molecule has 1 rings (SSSR count). The van der Waals surface area contributed by atoms with Gasteiger partial charge in [0.2, 0.25) is 0 Å². The van der Waals surface area contributed by atoms with E-state index in [0.29, 0.717) is 0 Å². The van der Waals surface area contributed by atoms with Crippen molar-refractivity contribution in [3.05, 3.63) is 41.2 Å². The van der Waals surface area contributed by atoms with E-state index in [2.05, 4.69) is 24.8 Å². The molecule has 0 aromatic carbocycles. The Morgan fingerprint density at radius 2 is 1.85 bits per heavy atom. The van der Waals surface area contributed by atoms with E-state index in [4.69, 9.17) is 5.11 Å². The zero-order chi connectivity index (χ0) is 19.3. The fourth-order valence-corrected chi connectivity index (χ4v) is 3.09. The number of allylic oxidation sites excluding steroid dienone is 4. The van der Waals surface area contributed by atoms with Crippen molar-refractivity contribution in [2.75, 3.05) is 0 Å². The van der Waals surface area contributed by atoms with E-state index < -0.39 is 11.8 Å². The second-order valence-corrected chi connectivity index (χ2v) is 7.05. The van der Waals surface area contributed by atoms with Crippen molar-refractivity contribution < 1.29 is 20.1 Å². The zero-order valence-corrected chi connectivity index (χ0v) is 16.0. The Kier molecular flexibility index (Phi) is 11.0. The lowest BCUT2D eigenvalue weighted by Gasteiger charge is -2.12. The smallest absolute Gasteiger partial charge is 0.364 e. The molecule has 0 amide bonds. The number of aliphatic hydroxyl groups is 2. The number of rotatable bonds is 13. The van der Waals surface area contributed by atoms with Crippen LogP contribution in [0.4, 0.5) is 0 Å². The summed E-state index contributed by atoms with van der Waals surface area (Å²) in [5, 5.41) is 27.0. The molecule has 3 N–H and O–H groups in total. The van der Waals surface area contributed by atoms with Crippen molar-refractivity contribution in [3.63, 3.8) is 0 Å². The van der Waals surface area contributed by atoms with E-state index in [9.17, 15) is 15.0 Å². The predicted molar refractivity (Wildman–Crippen MR) is 105 cm³/mol. The highest BCUT2D eigenvalue weighted by molar-refractivity contribution is 5.75. The summed E-state index contributed by atoms with van der Waals surface area (Å²) in [6, 6.07) is 0. The van der Waals surface area contributed by atoms with Gasteiger partial charge in [0.25, 0.3) is 5.79 Å². The second kappa shape index (κ2) is 12.7. The summed E-state index contributed by atoms with van der Waals surface area (Å²) in [6.45, 7) is 2.24. The van der Waals surface area contributed by atoms with E-state index in [0.717, 1.165) is 25.7 Å². The molecule has 0 spiro atoms. The molecule has 0 unspecified atom stereocenters. The molecule has 0 fully saturated rings. The SMILES string of the molecule is CCCCCCCCC=CC1=C(CC=C=CCC(O)(O)C(=O)O)CCC1. The highest BCUT2D eigenvalue weighted by atomic mass is 16.5. The maximum atomic E-state index is 10.6. The van der Waals surface area contributed by atoms with Gasteiger partial charge in [0.15, 0.2) is 0 Å². The topological polar surface area (TPSA) is 77.8 Å². The summed E-state index contributed by atoms with van der Waals surface area (Å²) in [5.74, 6) is -4.36. The summed E-state index contributed by atoms with van der Waals surface area (Å²) < 4.78 is 0. The number of carboxylic acid groups (broad SMARTS) is 1. The van der Waals surface area contributed by atoms with E-state index in [1.807, 2.05) is 6.08 Å². The van der Waals surface area contributed by atoms with Gasteiger partial charge in [-0.3, -0.25) is 0 Å². The zero-order valence-electron chi connectivity index (χ0n) is 16.0. The van der Waals surface area contributed by atoms with Crippen LogP contribution in [-0.4, -0.2) is 27.1 Å². The van der Waals surface area contributed by atoms with Gasteiger partial charge in [-0.25, -0.2) is 4.79 Å². The molecule has 26 heavy (non-hydrogen) atoms. The third-order valence-corrected chi connectivity index (χ3v) is 4.74. The molecule has 0 atom stereocenters. The van der Waals surface area contributed by atoms with Crippen LogP contribution in [0.25, 0.3) is 0 Å². The van der Waals surface area contributed by atoms with Crippen molar-refractivity contribution in [2.24, 2.45) is 0 Å². The van der Waals surface area contributed by atoms with Crippen LogP contribution in [0.5, 0.6) is 0 Å². The number of aliphatic carboxylic acids is 1. The summed E-state index contributed by atoms with van der Waals surface area (Å²) in [6.07, 6.45) is 20.6. The van der Waals surface area contributed by atoms with Crippen LogP contribution in [0.1, 0.15) is 84.0 Å². The van der Waals surface area contributed by atoms with Crippen LogP contribution in [0.2, 0.25) is 0 Å². The van der Waals surface area contributed by atoms with Gasteiger partial charge < -0.3 is 15.3 Å². The molecule has 1 aliphatic carbocycles. The molecule has 4 heteroatoms. The first-order chi connectivity index (χ1) is 12.5. The standard InChI is InChI=1S/C22H34O4/c1-2-3-4-5-6-7-8-10-14-19-16-13-17-20(19)15-11-9-12-18-22(25,26)21(23)24/h10-12,14,25-26H,2-8,13,15-18H2,1H3,(H,23,24). The molecule has 0 heterocycles. The van der Waals surface area contributed by atoms with Crippen molar-refractivity contribution in [1.29, 1.82) is 0 Å². The number of unbranched alkanes of at least 4 members (excludes halogenated alkanes) is 6. The third kappa shape index (κ3) is 9.19. The Morgan fingerprint density at radius 3 is 2.58 bits per heavy atom. The van der Waals surface area contributed by atoms with E-state index in [-0.39, 0.29) is 6.42 Å². The van der Waals surface area contributed by atoms with Crippen LogP contribution < -0.4 is 0 Å². The Bertz CT molecular complexity index is 548. The van der Waals surface area contributed by atoms with Crippen molar-refractivity contribution in [2.45, 2.75) is 89.8 Å². The Morgan fingerprint density at radius 1 is 1.12 bits per heavy atom. The lowest BCUT2D eigenvalue weighted by Crippen LogP contribution is -2.37. The van der Waals surface area contributed by atoms with Gasteiger partial charge in [0.1, 0.15) is 0 Å². The maximum Gasteiger partial charge on any atom is 0.364 e. The van der Waals surface area contributed by atoms with Crippen LogP contribution in [0, 0.1) is 0 Å². The van der Waals surface area contributed by atoms with Gasteiger partial charge in [-0.1, -0.05) is 56.8 Å². The Labute approximate surface area is 157 Å². The first-order valence-corrected chi connectivity index (χ1v) is 9.92. The fourth-order valence-electron chi connectivity index (χ4n) is 3.09. The first-order valence-electron chi connectivity index (χ1n) is 9.92. The summed E-state index contributed by atoms with van der Waals surface area (Å²) in [4.78, 5) is 10.6. The van der Waals surface area contributed by atoms with Crippen molar-refractivity contribution in [1.82, 2.24) is 0 Å². The molecule has 0 saturated carbocycles. The minimum absolute atomic E-state index is 0.372. The van der Waals surface area contributed by atoms with Gasteiger partial charge in [-0.2, -0.15) is 0 Å². The highest BCUT2D eigenvalue weighted by Crippen LogP contribution is 2.29. The van der Waals surface area contributed by atoms with Gasteiger partial charge in [-0.05, 0) is 56.3 Å². The van der Waals surface area contributed by atoms with Gasteiger partial charge in [0, 0.05) is 6.42 Å². The molecular formula is C22H34O4. The molecule has 0 aliphatic heterocycles. The lowest BCUT2D eigenvalue weighted by molar-refractivity contribution is -0.201. The second-order valence-electron chi connectivity index (χ2n) is 7.05. The van der Waals surface area contributed by atoms with Gasteiger partial charge >= 0.3 is 5.97 Å². The minimum atomic E-state index is -2.71. The molecule has 146 valence electrons. The van der Waals surface area contributed by atoms with Crippen LogP contribution in [0.3, 0.4) is 0 Å². The van der Waals surface area contributed by atoms with Crippen LogP contribution in [-0.2, 0) is 4.79 Å². The summed E-state index contributed by atoms with van der Waals surface area (Å²) in [7, 11) is 0. The monoisotopic (exact) mass is 362 g/mol. The quantitative estimate of drug-likeness (QED) is 0.244. The Balaban J connectivity index is 2.36. The molecule has 0 bridgehead atoms. The number of hydrogen-bond donors (Lipinski definition) is 3. The van der Waals surface area contributed by atoms with Crippen LogP contribution in [0.15, 0.2) is 41.2 Å². The third-order valence-electron chi connectivity index (χ3n) is 4.74. The van der Waals surface area contributed by atoms with Gasteiger partial charge in [-0.15, -0.1) is 5.73 Å². The number of hydrogen-bond acceptors (Lipinski definition) is 3. The molecule has 0 aromatic rings. The molecular weight excluding hydrogens is 328 g/mol. The largest absolute Gasteiger partial charge is 0.477 e. The number of carboxylic acids is 1. The van der Waals surface area contributed by atoms with E-state index in [1.54, 1.807) is 0 Å². The normalized spacial score (nSPS) is 14.7. The predicted octanol–water partition coefficient (Wildman–Crippen LogP) is 5.03. The Hall–Kier alpha value is -1.61. The first kappa shape index (κ1) is 22.4. The summed E-state index contributed by atoms with van der Waals surface area (Å²) in [5.41, 5.74) is 5.67. The molecule has 0 radical (unpaired) electrons. The lowest BCUT2D eigenvalue weighted by atomic mass is 10.1. The van der Waals surface area contributed by atoms with Crippen molar-refractivity contribution in [3.8, 4) is 0 Å². The minimum Gasteiger partial charge on any atom is -0.477 e. The molecule has 1 aliphatic rings. The van der Waals surface area contributed by atoms with Crippen LogP contribution >= 0.6 is 0 Å². The van der Waals surface area contributed by atoms with E-state index >= 15 is 0 Å². The average molecular weight is 363 g/mol. The van der Waals surface area contributed by atoms with Gasteiger partial charge in [0.05, 0.1) is 0 Å². The maximum absolute atomic E-state index is 10.6. The number of carbonyl (C=O) groups is 1. The average Bonchev–Trinajstić information content (AvgIpc) is 3.04. The van der Waals surface area contributed by atoms with Crippen molar-refractivity contribution >= 4 is 5.97 Å². The molecule has 0 aromatic heterocycles. The highest BCUT2D eigenvalue weighted by Gasteiger charge is 2.31.